The van der Waals surface area contributed by atoms with Crippen LogP contribution in [-0.4, -0.2) is 26.8 Å². The van der Waals surface area contributed by atoms with Crippen LogP contribution in [0, 0.1) is 0 Å². The first-order valence-electron chi connectivity index (χ1n) is 6.41. The molecule has 0 aliphatic heterocycles. The lowest BCUT2D eigenvalue weighted by Crippen LogP contribution is -2.23. The van der Waals surface area contributed by atoms with Crippen molar-refractivity contribution >= 4 is 27.3 Å². The van der Waals surface area contributed by atoms with Crippen LogP contribution in [-0.2, 0) is 16.6 Å². The lowest BCUT2D eigenvalue weighted by atomic mass is 10.2. The Morgan fingerprint density at radius 2 is 1.67 bits per heavy atom. The van der Waals surface area contributed by atoms with Gasteiger partial charge >= 0.3 is 0 Å². The standard InChI is InChI=1S/C15H17ClN2O2S/c1-18(2)21(19,20)15-6-4-3-5-14(15)17-11-12-7-9-13(16)10-8-12/h3-10,17H,11H2,1-2H3. The molecule has 2 rings (SSSR count). The van der Waals surface area contributed by atoms with E-state index in [0.717, 1.165) is 5.56 Å². The van der Waals surface area contributed by atoms with E-state index in [2.05, 4.69) is 5.32 Å². The van der Waals surface area contributed by atoms with E-state index in [0.29, 0.717) is 17.3 Å². The van der Waals surface area contributed by atoms with Crippen LogP contribution in [0.15, 0.2) is 53.4 Å². The molecule has 0 saturated heterocycles. The fourth-order valence-corrected chi connectivity index (χ4v) is 3.02. The SMILES string of the molecule is CN(C)S(=O)(=O)c1ccccc1NCc1ccc(Cl)cc1. The third-order valence-electron chi connectivity index (χ3n) is 3.04. The van der Waals surface area contributed by atoms with E-state index in [1.54, 1.807) is 36.4 Å². The van der Waals surface area contributed by atoms with E-state index in [-0.39, 0.29) is 4.90 Å². The van der Waals surface area contributed by atoms with Gasteiger partial charge in [0.15, 0.2) is 0 Å². The maximum Gasteiger partial charge on any atom is 0.244 e. The van der Waals surface area contributed by atoms with Crippen molar-refractivity contribution in [2.24, 2.45) is 0 Å². The molecule has 112 valence electrons. The van der Waals surface area contributed by atoms with Crippen LogP contribution < -0.4 is 5.32 Å². The lowest BCUT2D eigenvalue weighted by molar-refractivity contribution is 0.521. The summed E-state index contributed by atoms with van der Waals surface area (Å²) in [4.78, 5) is 0.268. The van der Waals surface area contributed by atoms with Gasteiger partial charge in [0.2, 0.25) is 10.0 Å². The Morgan fingerprint density at radius 3 is 2.29 bits per heavy atom. The molecule has 0 saturated carbocycles. The summed E-state index contributed by atoms with van der Waals surface area (Å²) in [6.07, 6.45) is 0. The molecule has 0 radical (unpaired) electrons. The molecule has 0 unspecified atom stereocenters. The molecule has 6 heteroatoms. The van der Waals surface area contributed by atoms with Gasteiger partial charge in [0.25, 0.3) is 0 Å². The largest absolute Gasteiger partial charge is 0.380 e. The highest BCUT2D eigenvalue weighted by Gasteiger charge is 2.20. The Hall–Kier alpha value is -1.56. The molecule has 2 aromatic rings. The third kappa shape index (κ3) is 3.75. The zero-order valence-corrected chi connectivity index (χ0v) is 13.4. The van der Waals surface area contributed by atoms with Crippen LogP contribution >= 0.6 is 11.6 Å². The highest BCUT2D eigenvalue weighted by Crippen LogP contribution is 2.23. The molecular weight excluding hydrogens is 308 g/mol. The molecule has 4 nitrogen and oxygen atoms in total. The Morgan fingerprint density at radius 1 is 1.05 bits per heavy atom. The number of hydrogen-bond acceptors (Lipinski definition) is 3. The summed E-state index contributed by atoms with van der Waals surface area (Å²) in [6.45, 7) is 0.525. The molecule has 1 N–H and O–H groups in total. The molecule has 0 aliphatic rings. The maximum absolute atomic E-state index is 12.3. The van der Waals surface area contributed by atoms with Crippen molar-refractivity contribution in [2.75, 3.05) is 19.4 Å². The predicted molar refractivity (Wildman–Crippen MR) is 86.1 cm³/mol. The highest BCUT2D eigenvalue weighted by atomic mass is 35.5. The second-order valence-corrected chi connectivity index (χ2v) is 7.32. The Bertz CT molecular complexity index is 713. The number of hydrogen-bond donors (Lipinski definition) is 1. The summed E-state index contributed by atoms with van der Waals surface area (Å²) >= 11 is 5.84. The molecule has 2 aromatic carbocycles. The van der Waals surface area contributed by atoms with Crippen molar-refractivity contribution in [2.45, 2.75) is 11.4 Å². The van der Waals surface area contributed by atoms with Crippen molar-refractivity contribution in [3.05, 3.63) is 59.1 Å². The second-order valence-electron chi connectivity index (χ2n) is 4.76. The number of para-hydroxylation sites is 1. The molecule has 0 atom stereocenters. The molecule has 0 aliphatic carbocycles. The smallest absolute Gasteiger partial charge is 0.244 e. The summed E-state index contributed by atoms with van der Waals surface area (Å²) < 4.78 is 25.8. The van der Waals surface area contributed by atoms with Gasteiger partial charge in [-0.1, -0.05) is 35.9 Å². The van der Waals surface area contributed by atoms with Crippen molar-refractivity contribution < 1.29 is 8.42 Å². The first-order valence-corrected chi connectivity index (χ1v) is 8.23. The Labute approximate surface area is 130 Å². The minimum absolute atomic E-state index is 0.268. The molecule has 0 bridgehead atoms. The number of rotatable bonds is 5. The molecule has 0 spiro atoms. The minimum atomic E-state index is -3.47. The summed E-state index contributed by atoms with van der Waals surface area (Å²) in [5, 5.41) is 3.84. The summed E-state index contributed by atoms with van der Waals surface area (Å²) in [6, 6.07) is 14.3. The molecule has 0 heterocycles. The van der Waals surface area contributed by atoms with Crippen molar-refractivity contribution in [1.82, 2.24) is 4.31 Å². The number of halogens is 1. The van der Waals surface area contributed by atoms with E-state index in [4.69, 9.17) is 11.6 Å². The molecule has 21 heavy (non-hydrogen) atoms. The van der Waals surface area contributed by atoms with E-state index in [1.165, 1.54) is 18.4 Å². The zero-order valence-electron chi connectivity index (χ0n) is 11.9. The van der Waals surface area contributed by atoms with Crippen LogP contribution in [0.1, 0.15) is 5.56 Å². The number of nitrogens with zero attached hydrogens (tertiary/aromatic N) is 1. The van der Waals surface area contributed by atoms with Gasteiger partial charge in [-0.05, 0) is 29.8 Å². The fraction of sp³-hybridized carbons (Fsp3) is 0.200. The molecule has 0 fully saturated rings. The van der Waals surface area contributed by atoms with Gasteiger partial charge in [-0.2, -0.15) is 0 Å². The van der Waals surface area contributed by atoms with Gasteiger partial charge in [0, 0.05) is 25.7 Å². The average molecular weight is 325 g/mol. The summed E-state index contributed by atoms with van der Waals surface area (Å²) in [5.41, 5.74) is 1.61. The number of benzene rings is 2. The average Bonchev–Trinajstić information content (AvgIpc) is 2.47. The van der Waals surface area contributed by atoms with Crippen LogP contribution in [0.4, 0.5) is 5.69 Å². The zero-order chi connectivity index (χ0) is 15.5. The minimum Gasteiger partial charge on any atom is -0.380 e. The van der Waals surface area contributed by atoms with E-state index in [9.17, 15) is 8.42 Å². The van der Waals surface area contributed by atoms with Crippen molar-refractivity contribution in [3.63, 3.8) is 0 Å². The molecular formula is C15H17ClN2O2S. The van der Waals surface area contributed by atoms with Crippen LogP contribution in [0.2, 0.25) is 5.02 Å². The molecule has 0 aromatic heterocycles. The number of nitrogens with one attached hydrogen (secondary N) is 1. The summed E-state index contributed by atoms with van der Waals surface area (Å²) in [7, 11) is -0.431. The predicted octanol–water partition coefficient (Wildman–Crippen LogP) is 3.20. The van der Waals surface area contributed by atoms with Gasteiger partial charge in [-0.15, -0.1) is 0 Å². The first-order chi connectivity index (χ1) is 9.91. The number of anilines is 1. The van der Waals surface area contributed by atoms with E-state index in [1.807, 2.05) is 12.1 Å². The van der Waals surface area contributed by atoms with Crippen molar-refractivity contribution in [1.29, 1.82) is 0 Å². The van der Waals surface area contributed by atoms with Gasteiger partial charge in [-0.3, -0.25) is 0 Å². The van der Waals surface area contributed by atoms with Crippen LogP contribution in [0.3, 0.4) is 0 Å². The van der Waals surface area contributed by atoms with Gasteiger partial charge in [0.1, 0.15) is 4.90 Å². The maximum atomic E-state index is 12.3. The molecule has 0 amide bonds. The van der Waals surface area contributed by atoms with E-state index < -0.39 is 10.0 Å². The van der Waals surface area contributed by atoms with E-state index >= 15 is 0 Å². The van der Waals surface area contributed by atoms with Crippen LogP contribution in [0.25, 0.3) is 0 Å². The van der Waals surface area contributed by atoms with Gasteiger partial charge in [0.05, 0.1) is 5.69 Å². The Kier molecular flexibility index (Phi) is 4.88. The van der Waals surface area contributed by atoms with Gasteiger partial charge in [-0.25, -0.2) is 12.7 Å². The lowest BCUT2D eigenvalue weighted by Gasteiger charge is -2.16. The van der Waals surface area contributed by atoms with Crippen molar-refractivity contribution in [3.8, 4) is 0 Å². The first kappa shape index (κ1) is 15.8. The normalized spacial score (nSPS) is 11.6. The van der Waals surface area contributed by atoms with Crippen LogP contribution in [0.5, 0.6) is 0 Å². The van der Waals surface area contributed by atoms with Gasteiger partial charge < -0.3 is 5.32 Å². The number of sulfonamides is 1. The topological polar surface area (TPSA) is 49.4 Å². The highest BCUT2D eigenvalue weighted by molar-refractivity contribution is 7.89. The Balaban J connectivity index is 2.23. The monoisotopic (exact) mass is 324 g/mol. The fourth-order valence-electron chi connectivity index (χ4n) is 1.83. The second kappa shape index (κ2) is 6.47. The quantitative estimate of drug-likeness (QED) is 0.918. The third-order valence-corrected chi connectivity index (χ3v) is 5.17. The summed E-state index contributed by atoms with van der Waals surface area (Å²) in [5.74, 6) is 0.